The quantitative estimate of drug-likeness (QED) is 0.256. The highest BCUT2D eigenvalue weighted by atomic mass is 16.6. The van der Waals surface area contributed by atoms with E-state index in [-0.39, 0.29) is 56.9 Å². The maximum Gasteiger partial charge on any atom is 0.323 e. The minimum atomic E-state index is -0.650. The molecule has 46 heavy (non-hydrogen) atoms. The summed E-state index contributed by atoms with van der Waals surface area (Å²) in [7, 11) is 0. The number of carbonyl (C=O) groups excluding carboxylic acids is 2. The van der Waals surface area contributed by atoms with E-state index in [1.807, 2.05) is 39.8 Å². The van der Waals surface area contributed by atoms with Crippen LogP contribution in [0.2, 0.25) is 0 Å². The summed E-state index contributed by atoms with van der Waals surface area (Å²) in [5, 5.41) is 21.4. The lowest BCUT2D eigenvalue weighted by Gasteiger charge is -2.46. The summed E-state index contributed by atoms with van der Waals surface area (Å²) < 4.78 is 11.4. The SMILES string of the molecule is CC(C)c1cc2c3c(c1O)OC(=O)[C@@]31CCC(C)(C)[C@@]1(C)C=C2.CC(C)c1cc2c3c(c1O)OC(=O)[C@@]31CCC(C)(C)[C@@]1(C)C=C2. The lowest BCUT2D eigenvalue weighted by atomic mass is 9.53. The van der Waals surface area contributed by atoms with Gasteiger partial charge < -0.3 is 19.7 Å². The Morgan fingerprint density at radius 3 is 1.28 bits per heavy atom. The predicted molar refractivity (Wildman–Crippen MR) is 179 cm³/mol. The second kappa shape index (κ2) is 9.08. The molecule has 2 aromatic carbocycles. The van der Waals surface area contributed by atoms with Crippen molar-refractivity contribution in [1.82, 2.24) is 0 Å². The average molecular weight is 625 g/mol. The molecule has 6 aliphatic rings. The Kier molecular flexibility index (Phi) is 6.13. The van der Waals surface area contributed by atoms with Crippen molar-refractivity contribution in [2.75, 3.05) is 0 Å². The first kappa shape index (κ1) is 31.1. The number of rotatable bonds is 2. The van der Waals surface area contributed by atoms with Gasteiger partial charge in [-0.15, -0.1) is 0 Å². The third kappa shape index (κ3) is 3.29. The monoisotopic (exact) mass is 624 g/mol. The predicted octanol–water partition coefficient (Wildman–Crippen LogP) is 9.05. The Bertz CT molecular complexity index is 1670. The maximum atomic E-state index is 13.0. The molecule has 0 radical (unpaired) electrons. The van der Waals surface area contributed by atoms with E-state index >= 15 is 0 Å². The topological polar surface area (TPSA) is 93.1 Å². The van der Waals surface area contributed by atoms with Crippen LogP contribution in [0, 0.1) is 21.7 Å². The Hall–Kier alpha value is -3.54. The minimum absolute atomic E-state index is 0.00809. The minimum Gasteiger partial charge on any atom is -0.504 e. The van der Waals surface area contributed by atoms with Gasteiger partial charge in [-0.3, -0.25) is 9.59 Å². The second-order valence-electron chi connectivity index (χ2n) is 17.0. The molecule has 4 aliphatic carbocycles. The van der Waals surface area contributed by atoms with E-state index in [2.05, 4.69) is 65.8 Å². The number of hydrogen-bond donors (Lipinski definition) is 2. The van der Waals surface area contributed by atoms with Crippen molar-refractivity contribution in [1.29, 1.82) is 0 Å². The fourth-order valence-electron chi connectivity index (χ4n) is 10.0. The van der Waals surface area contributed by atoms with Crippen molar-refractivity contribution in [2.24, 2.45) is 21.7 Å². The van der Waals surface area contributed by atoms with Crippen molar-refractivity contribution in [3.63, 3.8) is 0 Å². The Labute approximate surface area is 272 Å². The maximum absolute atomic E-state index is 13.0. The summed E-state index contributed by atoms with van der Waals surface area (Å²) in [4.78, 5) is 26.0. The van der Waals surface area contributed by atoms with E-state index in [9.17, 15) is 19.8 Å². The van der Waals surface area contributed by atoms with E-state index in [4.69, 9.17) is 9.47 Å². The number of hydrogen-bond acceptors (Lipinski definition) is 6. The molecule has 2 aromatic rings. The molecule has 0 saturated heterocycles. The van der Waals surface area contributed by atoms with Crippen LogP contribution in [-0.2, 0) is 20.4 Å². The van der Waals surface area contributed by atoms with Gasteiger partial charge >= 0.3 is 11.9 Å². The fourth-order valence-corrected chi connectivity index (χ4v) is 10.0. The van der Waals surface area contributed by atoms with Crippen LogP contribution in [0.25, 0.3) is 12.2 Å². The number of benzene rings is 2. The number of aromatic hydroxyl groups is 2. The molecule has 4 atom stereocenters. The van der Waals surface area contributed by atoms with Crippen LogP contribution in [0.1, 0.15) is 140 Å². The van der Waals surface area contributed by atoms with E-state index in [0.717, 1.165) is 59.1 Å². The normalized spacial score (nSPS) is 32.9. The zero-order chi connectivity index (χ0) is 33.6. The van der Waals surface area contributed by atoms with Gasteiger partial charge in [0.1, 0.15) is 10.8 Å². The molecule has 2 N–H and O–H groups in total. The highest BCUT2D eigenvalue weighted by Crippen LogP contribution is 2.72. The molecule has 8 rings (SSSR count). The standard InChI is InChI=1S/2C20H24O3/c2*1-11(2)13-10-12-6-7-19(5)18(3,4)8-9-20(19)14(12)16(15(13)21)23-17(20)22/h2*6-7,10-11,21H,8-9H2,1-5H3/t2*19-,20-/m11/s1. The number of esters is 2. The molecule has 0 aromatic heterocycles. The fraction of sp³-hybridized carbons (Fsp3) is 0.550. The molecule has 2 fully saturated rings. The van der Waals surface area contributed by atoms with Gasteiger partial charge in [0.2, 0.25) is 0 Å². The number of phenolic OH excluding ortho intramolecular Hbond substituents is 2. The van der Waals surface area contributed by atoms with Gasteiger partial charge in [-0.2, -0.15) is 0 Å². The van der Waals surface area contributed by atoms with Crippen LogP contribution in [0.15, 0.2) is 24.3 Å². The first-order valence-corrected chi connectivity index (χ1v) is 16.9. The number of carbonyl (C=O) groups is 2. The molecule has 2 spiro atoms. The van der Waals surface area contributed by atoms with Crippen molar-refractivity contribution in [3.05, 3.63) is 57.7 Å². The Morgan fingerprint density at radius 2 is 0.957 bits per heavy atom. The molecule has 2 heterocycles. The van der Waals surface area contributed by atoms with Crippen LogP contribution in [0.5, 0.6) is 23.0 Å². The van der Waals surface area contributed by atoms with Gasteiger partial charge in [-0.1, -0.05) is 93.5 Å². The third-order valence-corrected chi connectivity index (χ3v) is 13.8. The zero-order valence-electron chi connectivity index (χ0n) is 29.0. The summed E-state index contributed by atoms with van der Waals surface area (Å²) in [6.07, 6.45) is 12.2. The first-order chi connectivity index (χ1) is 21.3. The summed E-state index contributed by atoms with van der Waals surface area (Å²) in [5.41, 5.74) is 3.71. The van der Waals surface area contributed by atoms with E-state index in [1.54, 1.807) is 0 Å². The third-order valence-electron chi connectivity index (χ3n) is 13.8. The molecule has 2 saturated carbocycles. The van der Waals surface area contributed by atoms with E-state index in [1.165, 1.54) is 0 Å². The van der Waals surface area contributed by atoms with Gasteiger partial charge in [0.25, 0.3) is 0 Å². The summed E-state index contributed by atoms with van der Waals surface area (Å²) in [5.74, 6) is 1.07. The van der Waals surface area contributed by atoms with Crippen molar-refractivity contribution < 1.29 is 29.3 Å². The van der Waals surface area contributed by atoms with Crippen LogP contribution >= 0.6 is 0 Å². The number of ether oxygens (including phenoxy) is 2. The molecule has 6 nitrogen and oxygen atoms in total. The zero-order valence-corrected chi connectivity index (χ0v) is 29.0. The smallest absolute Gasteiger partial charge is 0.323 e. The van der Waals surface area contributed by atoms with Crippen LogP contribution < -0.4 is 9.47 Å². The molecular weight excluding hydrogens is 576 g/mol. The first-order valence-electron chi connectivity index (χ1n) is 16.9. The van der Waals surface area contributed by atoms with Crippen LogP contribution in [0.4, 0.5) is 0 Å². The van der Waals surface area contributed by atoms with Gasteiger partial charge in [-0.25, -0.2) is 0 Å². The number of allylic oxidation sites excluding steroid dienone is 2. The highest BCUT2D eigenvalue weighted by Gasteiger charge is 2.71. The van der Waals surface area contributed by atoms with Crippen LogP contribution in [0.3, 0.4) is 0 Å². The lowest BCUT2D eigenvalue weighted by molar-refractivity contribution is -0.143. The Balaban J connectivity index is 0.000000147. The molecule has 2 aliphatic heterocycles. The molecule has 0 amide bonds. The van der Waals surface area contributed by atoms with Crippen molar-refractivity contribution in [2.45, 2.75) is 118 Å². The van der Waals surface area contributed by atoms with Gasteiger partial charge in [0.15, 0.2) is 23.0 Å². The lowest BCUT2D eigenvalue weighted by Crippen LogP contribution is -2.50. The summed E-state index contributed by atoms with van der Waals surface area (Å²) in [6.45, 7) is 21.4. The van der Waals surface area contributed by atoms with Gasteiger partial charge in [0, 0.05) is 33.1 Å². The van der Waals surface area contributed by atoms with E-state index < -0.39 is 10.8 Å². The largest absolute Gasteiger partial charge is 0.504 e. The average Bonchev–Trinajstić information content (AvgIpc) is 3.61. The summed E-state index contributed by atoms with van der Waals surface area (Å²) in [6, 6.07) is 4.06. The highest BCUT2D eigenvalue weighted by molar-refractivity contribution is 5.98. The van der Waals surface area contributed by atoms with Crippen molar-refractivity contribution >= 4 is 24.1 Å². The molecular formula is C40H48O6. The molecule has 6 heteroatoms. The second-order valence-corrected chi connectivity index (χ2v) is 17.0. The van der Waals surface area contributed by atoms with Crippen LogP contribution in [-0.4, -0.2) is 22.2 Å². The van der Waals surface area contributed by atoms with Gasteiger partial charge in [0.05, 0.1) is 0 Å². The van der Waals surface area contributed by atoms with Crippen molar-refractivity contribution in [3.8, 4) is 23.0 Å². The van der Waals surface area contributed by atoms with Gasteiger partial charge in [-0.05, 0) is 71.6 Å². The molecule has 0 bridgehead atoms. The van der Waals surface area contributed by atoms with E-state index in [0.29, 0.717) is 11.5 Å². The Morgan fingerprint density at radius 1 is 0.609 bits per heavy atom. The number of phenols is 2. The summed E-state index contributed by atoms with van der Waals surface area (Å²) >= 11 is 0. The molecule has 0 unspecified atom stereocenters. The molecule has 244 valence electrons.